The van der Waals surface area contributed by atoms with E-state index in [0.29, 0.717) is 5.69 Å². The second-order valence-electron chi connectivity index (χ2n) is 4.60. The zero-order valence-electron chi connectivity index (χ0n) is 10.5. The maximum Gasteiger partial charge on any atom is 0.185 e. The third-order valence-electron chi connectivity index (χ3n) is 3.28. The molecular formula is C16H16NO2. The molecule has 1 radical (unpaired) electrons. The molecule has 1 saturated heterocycles. The zero-order valence-corrected chi connectivity index (χ0v) is 10.5. The minimum atomic E-state index is -0.381. The fourth-order valence-corrected chi connectivity index (χ4v) is 2.29. The third kappa shape index (κ3) is 2.35. The van der Waals surface area contributed by atoms with Crippen molar-refractivity contribution in [1.82, 2.24) is 0 Å². The zero-order chi connectivity index (χ0) is 13.2. The molecule has 3 nitrogen and oxygen atoms in total. The van der Waals surface area contributed by atoms with Crippen LogP contribution in [0.3, 0.4) is 0 Å². The van der Waals surface area contributed by atoms with Crippen LogP contribution in [0.25, 0.3) is 0 Å². The molecule has 3 rings (SSSR count). The SMILES string of the molecule is [CH2][C@@H]1OC(c2ccccc2)O[C@H]1c1ccccc1N. The predicted molar refractivity (Wildman–Crippen MR) is 74.1 cm³/mol. The molecule has 1 aliphatic heterocycles. The van der Waals surface area contributed by atoms with E-state index in [1.807, 2.05) is 54.6 Å². The predicted octanol–water partition coefficient (Wildman–Crippen LogP) is 3.26. The summed E-state index contributed by atoms with van der Waals surface area (Å²) >= 11 is 0. The summed E-state index contributed by atoms with van der Waals surface area (Å²) in [6.45, 7) is 4.01. The van der Waals surface area contributed by atoms with Gasteiger partial charge in [-0.15, -0.1) is 0 Å². The minimum absolute atomic E-state index is 0.230. The van der Waals surface area contributed by atoms with Gasteiger partial charge in [0, 0.05) is 16.8 Å². The van der Waals surface area contributed by atoms with Gasteiger partial charge in [-0.3, -0.25) is 0 Å². The van der Waals surface area contributed by atoms with Crippen molar-refractivity contribution in [1.29, 1.82) is 0 Å². The Hall–Kier alpha value is -1.84. The van der Waals surface area contributed by atoms with Crippen LogP contribution in [0.5, 0.6) is 0 Å². The van der Waals surface area contributed by atoms with Crippen LogP contribution in [0, 0.1) is 6.92 Å². The number of benzene rings is 2. The molecule has 3 atom stereocenters. The Morgan fingerprint density at radius 2 is 1.58 bits per heavy atom. The average Bonchev–Trinajstić information content (AvgIpc) is 2.82. The second kappa shape index (κ2) is 5.03. The van der Waals surface area contributed by atoms with E-state index in [9.17, 15) is 0 Å². The van der Waals surface area contributed by atoms with Gasteiger partial charge in [0.05, 0.1) is 6.10 Å². The summed E-state index contributed by atoms with van der Waals surface area (Å²) in [7, 11) is 0. The second-order valence-corrected chi connectivity index (χ2v) is 4.60. The number of nitrogens with two attached hydrogens (primary N) is 1. The Kier molecular flexibility index (Phi) is 3.23. The molecular weight excluding hydrogens is 238 g/mol. The van der Waals surface area contributed by atoms with E-state index >= 15 is 0 Å². The van der Waals surface area contributed by atoms with Crippen molar-refractivity contribution in [3.8, 4) is 0 Å². The molecule has 0 spiro atoms. The highest BCUT2D eigenvalue weighted by Gasteiger charge is 2.35. The van der Waals surface area contributed by atoms with Crippen LogP contribution >= 0.6 is 0 Å². The van der Waals surface area contributed by atoms with Gasteiger partial charge in [-0.05, 0) is 13.0 Å². The quantitative estimate of drug-likeness (QED) is 0.837. The Morgan fingerprint density at radius 1 is 0.895 bits per heavy atom. The van der Waals surface area contributed by atoms with E-state index in [1.165, 1.54) is 0 Å². The van der Waals surface area contributed by atoms with Gasteiger partial charge in [-0.2, -0.15) is 0 Å². The van der Waals surface area contributed by atoms with E-state index in [2.05, 4.69) is 6.92 Å². The molecule has 0 saturated carbocycles. The molecule has 2 N–H and O–H groups in total. The topological polar surface area (TPSA) is 44.5 Å². The van der Waals surface area contributed by atoms with Gasteiger partial charge in [-0.25, -0.2) is 0 Å². The fraction of sp³-hybridized carbons (Fsp3) is 0.188. The Bertz CT molecular complexity index is 556. The van der Waals surface area contributed by atoms with Crippen LogP contribution in [0.2, 0.25) is 0 Å². The highest BCUT2D eigenvalue weighted by Crippen LogP contribution is 2.40. The van der Waals surface area contributed by atoms with Crippen LogP contribution in [0.1, 0.15) is 23.5 Å². The summed E-state index contributed by atoms with van der Waals surface area (Å²) in [4.78, 5) is 0. The molecule has 3 heteroatoms. The maximum atomic E-state index is 5.98. The van der Waals surface area contributed by atoms with Gasteiger partial charge in [0.1, 0.15) is 6.10 Å². The number of anilines is 1. The first-order valence-electron chi connectivity index (χ1n) is 6.29. The molecule has 0 aromatic heterocycles. The summed E-state index contributed by atoms with van der Waals surface area (Å²) in [5.41, 5.74) is 8.62. The lowest BCUT2D eigenvalue weighted by Gasteiger charge is -2.15. The van der Waals surface area contributed by atoms with Crippen molar-refractivity contribution in [3.63, 3.8) is 0 Å². The first-order valence-corrected chi connectivity index (χ1v) is 6.29. The number of hydrogen-bond acceptors (Lipinski definition) is 3. The Balaban J connectivity index is 1.85. The number of para-hydroxylation sites is 1. The molecule has 1 aliphatic rings. The minimum Gasteiger partial charge on any atom is -0.398 e. The van der Waals surface area contributed by atoms with Crippen molar-refractivity contribution in [2.75, 3.05) is 5.73 Å². The summed E-state index contributed by atoms with van der Waals surface area (Å²) in [6, 6.07) is 17.5. The average molecular weight is 254 g/mol. The summed E-state index contributed by atoms with van der Waals surface area (Å²) in [6.07, 6.45) is -0.880. The van der Waals surface area contributed by atoms with E-state index in [0.717, 1.165) is 11.1 Å². The van der Waals surface area contributed by atoms with E-state index in [4.69, 9.17) is 15.2 Å². The third-order valence-corrected chi connectivity index (χ3v) is 3.28. The summed E-state index contributed by atoms with van der Waals surface area (Å²) in [5.74, 6) is 0. The van der Waals surface area contributed by atoms with Crippen LogP contribution in [-0.4, -0.2) is 6.10 Å². The lowest BCUT2D eigenvalue weighted by atomic mass is 10.0. The molecule has 2 aromatic rings. The fourth-order valence-electron chi connectivity index (χ4n) is 2.29. The first-order chi connectivity index (χ1) is 9.25. The smallest absolute Gasteiger partial charge is 0.185 e. The van der Waals surface area contributed by atoms with Gasteiger partial charge in [0.2, 0.25) is 0 Å². The molecule has 0 amide bonds. The van der Waals surface area contributed by atoms with E-state index < -0.39 is 0 Å². The number of ether oxygens (including phenoxy) is 2. The van der Waals surface area contributed by atoms with Crippen molar-refractivity contribution in [3.05, 3.63) is 72.6 Å². The summed E-state index contributed by atoms with van der Waals surface area (Å²) in [5, 5.41) is 0. The lowest BCUT2D eigenvalue weighted by Crippen LogP contribution is -2.12. The number of rotatable bonds is 2. The normalized spacial score (nSPS) is 26.5. The van der Waals surface area contributed by atoms with Crippen molar-refractivity contribution in [2.45, 2.75) is 18.5 Å². The van der Waals surface area contributed by atoms with Gasteiger partial charge in [-0.1, -0.05) is 48.5 Å². The molecule has 1 heterocycles. The van der Waals surface area contributed by atoms with Gasteiger partial charge >= 0.3 is 0 Å². The van der Waals surface area contributed by atoms with E-state index in [-0.39, 0.29) is 18.5 Å². The lowest BCUT2D eigenvalue weighted by molar-refractivity contribution is -0.0656. The molecule has 0 bridgehead atoms. The molecule has 0 aliphatic carbocycles. The highest BCUT2D eigenvalue weighted by molar-refractivity contribution is 5.48. The standard InChI is InChI=1S/C16H16NO2/c1-11-15(13-9-5-6-10-14(13)17)19-16(18-11)12-7-3-2-4-8-12/h2-11,15-16H,1,17H2/t11-,15+,16?/m0/s1. The Labute approximate surface area is 113 Å². The van der Waals surface area contributed by atoms with Gasteiger partial charge in [0.25, 0.3) is 0 Å². The molecule has 1 unspecified atom stereocenters. The number of nitrogen functional groups attached to an aromatic ring is 1. The molecule has 19 heavy (non-hydrogen) atoms. The van der Waals surface area contributed by atoms with Crippen molar-refractivity contribution >= 4 is 5.69 Å². The highest BCUT2D eigenvalue weighted by atomic mass is 16.7. The molecule has 2 aromatic carbocycles. The van der Waals surface area contributed by atoms with Crippen molar-refractivity contribution < 1.29 is 9.47 Å². The molecule has 1 fully saturated rings. The van der Waals surface area contributed by atoms with Crippen LogP contribution in [0.4, 0.5) is 5.69 Å². The van der Waals surface area contributed by atoms with Crippen molar-refractivity contribution in [2.24, 2.45) is 0 Å². The maximum absolute atomic E-state index is 5.98. The summed E-state index contributed by atoms with van der Waals surface area (Å²) < 4.78 is 11.7. The van der Waals surface area contributed by atoms with Gasteiger partial charge in [0.15, 0.2) is 6.29 Å². The first kappa shape index (κ1) is 12.2. The molecule has 97 valence electrons. The number of hydrogen-bond donors (Lipinski definition) is 1. The van der Waals surface area contributed by atoms with E-state index in [1.54, 1.807) is 0 Å². The van der Waals surface area contributed by atoms with Crippen LogP contribution in [0.15, 0.2) is 54.6 Å². The van der Waals surface area contributed by atoms with Gasteiger partial charge < -0.3 is 15.2 Å². The van der Waals surface area contributed by atoms with Crippen LogP contribution in [-0.2, 0) is 9.47 Å². The Morgan fingerprint density at radius 3 is 2.32 bits per heavy atom. The largest absolute Gasteiger partial charge is 0.398 e. The monoisotopic (exact) mass is 254 g/mol. The van der Waals surface area contributed by atoms with Crippen LogP contribution < -0.4 is 5.73 Å².